The molecule has 1 amide bonds. The molecule has 17 heavy (non-hydrogen) atoms. The van der Waals surface area contributed by atoms with Gasteiger partial charge in [0.25, 0.3) is 0 Å². The summed E-state index contributed by atoms with van der Waals surface area (Å²) in [5.74, 6) is 0.0785. The van der Waals surface area contributed by atoms with Crippen LogP contribution in [0.2, 0.25) is 0 Å². The smallest absolute Gasteiger partial charge is 0.224 e. The first-order valence-electron chi connectivity index (χ1n) is 5.81. The van der Waals surface area contributed by atoms with Crippen LogP contribution in [0.1, 0.15) is 23.7 Å². The Morgan fingerprint density at radius 1 is 1.76 bits per heavy atom. The molecule has 2 heterocycles. The highest BCUT2D eigenvalue weighted by Crippen LogP contribution is 2.25. The number of nitrogens with zero attached hydrogens (tertiary/aromatic N) is 2. The number of nitrogens with one attached hydrogen (secondary N) is 1. The maximum Gasteiger partial charge on any atom is 0.224 e. The number of aromatic nitrogens is 2. The molecule has 0 spiro atoms. The molecule has 1 saturated heterocycles. The lowest BCUT2D eigenvalue weighted by molar-refractivity contribution is -0.140. The zero-order valence-corrected chi connectivity index (χ0v) is 9.98. The average Bonchev–Trinajstić information content (AvgIpc) is 2.76. The van der Waals surface area contributed by atoms with Gasteiger partial charge in [0.1, 0.15) is 0 Å². The van der Waals surface area contributed by atoms with Gasteiger partial charge >= 0.3 is 0 Å². The van der Waals surface area contributed by atoms with Gasteiger partial charge < -0.3 is 15.4 Å². The number of amides is 1. The highest BCUT2D eigenvalue weighted by Gasteiger charge is 2.30. The molecule has 3 N–H and O–H groups in total. The van der Waals surface area contributed by atoms with Crippen LogP contribution in [-0.2, 0) is 9.53 Å². The van der Waals surface area contributed by atoms with Crippen molar-refractivity contribution in [3.8, 4) is 0 Å². The van der Waals surface area contributed by atoms with Gasteiger partial charge in [-0.1, -0.05) is 0 Å². The van der Waals surface area contributed by atoms with E-state index in [1.54, 1.807) is 6.20 Å². The molecule has 1 fully saturated rings. The van der Waals surface area contributed by atoms with Crippen molar-refractivity contribution in [1.29, 1.82) is 0 Å². The highest BCUT2D eigenvalue weighted by atomic mass is 16.5. The number of aromatic amines is 1. The SMILES string of the molecule is Cc1cn[nH]c1C1COCCN1C(=O)CCN. The highest BCUT2D eigenvalue weighted by molar-refractivity contribution is 5.77. The van der Waals surface area contributed by atoms with Crippen molar-refractivity contribution in [2.75, 3.05) is 26.3 Å². The monoisotopic (exact) mass is 238 g/mol. The largest absolute Gasteiger partial charge is 0.377 e. The molecule has 1 unspecified atom stereocenters. The predicted molar refractivity (Wildman–Crippen MR) is 62.3 cm³/mol. The van der Waals surface area contributed by atoms with Gasteiger partial charge in [0.15, 0.2) is 0 Å². The summed E-state index contributed by atoms with van der Waals surface area (Å²) in [6.07, 6.45) is 2.14. The van der Waals surface area contributed by atoms with Gasteiger partial charge in [-0.05, 0) is 12.5 Å². The van der Waals surface area contributed by atoms with Gasteiger partial charge in [-0.25, -0.2) is 0 Å². The second kappa shape index (κ2) is 5.29. The van der Waals surface area contributed by atoms with E-state index in [2.05, 4.69) is 10.2 Å². The first-order valence-corrected chi connectivity index (χ1v) is 5.81. The standard InChI is InChI=1S/C11H18N4O2/c1-8-6-13-14-11(8)9-7-17-5-4-15(9)10(16)2-3-12/h6,9H,2-5,7,12H2,1H3,(H,13,14). The molecule has 1 aliphatic heterocycles. The summed E-state index contributed by atoms with van der Waals surface area (Å²) in [5, 5.41) is 6.94. The van der Waals surface area contributed by atoms with Crippen molar-refractivity contribution in [3.05, 3.63) is 17.5 Å². The van der Waals surface area contributed by atoms with E-state index in [0.29, 0.717) is 32.7 Å². The van der Waals surface area contributed by atoms with Crippen molar-refractivity contribution >= 4 is 5.91 Å². The van der Waals surface area contributed by atoms with Crippen molar-refractivity contribution in [2.45, 2.75) is 19.4 Å². The van der Waals surface area contributed by atoms with Crippen LogP contribution in [-0.4, -0.2) is 47.3 Å². The second-order valence-corrected chi connectivity index (χ2v) is 4.18. The van der Waals surface area contributed by atoms with Gasteiger partial charge in [0.05, 0.1) is 31.1 Å². The number of carbonyl (C=O) groups excluding carboxylic acids is 1. The number of rotatable bonds is 3. The average molecular weight is 238 g/mol. The van der Waals surface area contributed by atoms with Crippen LogP contribution in [0, 0.1) is 6.92 Å². The van der Waals surface area contributed by atoms with Crippen molar-refractivity contribution in [3.63, 3.8) is 0 Å². The normalized spacial score (nSPS) is 20.6. The third-order valence-electron chi connectivity index (χ3n) is 3.01. The van der Waals surface area contributed by atoms with Gasteiger partial charge in [-0.15, -0.1) is 0 Å². The fourth-order valence-electron chi connectivity index (χ4n) is 2.10. The summed E-state index contributed by atoms with van der Waals surface area (Å²) in [7, 11) is 0. The Labute approximate surface area is 100 Å². The summed E-state index contributed by atoms with van der Waals surface area (Å²) in [5.41, 5.74) is 7.43. The topological polar surface area (TPSA) is 84.2 Å². The van der Waals surface area contributed by atoms with Gasteiger partial charge in [0, 0.05) is 19.5 Å². The molecule has 6 heteroatoms. The molecular weight excluding hydrogens is 220 g/mol. The van der Waals surface area contributed by atoms with E-state index >= 15 is 0 Å². The van der Waals surface area contributed by atoms with Crippen LogP contribution in [0.3, 0.4) is 0 Å². The molecule has 0 radical (unpaired) electrons. The summed E-state index contributed by atoms with van der Waals surface area (Å²) in [4.78, 5) is 13.8. The maximum atomic E-state index is 12.0. The number of hydrogen-bond donors (Lipinski definition) is 2. The molecule has 0 aromatic carbocycles. The molecule has 1 aliphatic rings. The van der Waals surface area contributed by atoms with E-state index < -0.39 is 0 Å². The Morgan fingerprint density at radius 2 is 2.59 bits per heavy atom. The number of H-pyrrole nitrogens is 1. The predicted octanol–water partition coefficient (Wildman–Crippen LogP) is -0.0332. The molecule has 2 rings (SSSR count). The Kier molecular flexibility index (Phi) is 3.75. The molecule has 1 aromatic heterocycles. The molecule has 1 atom stereocenters. The molecule has 1 aromatic rings. The number of morpholine rings is 1. The van der Waals surface area contributed by atoms with Crippen molar-refractivity contribution in [1.82, 2.24) is 15.1 Å². The minimum absolute atomic E-state index is 0.0645. The van der Waals surface area contributed by atoms with E-state index in [4.69, 9.17) is 10.5 Å². The second-order valence-electron chi connectivity index (χ2n) is 4.18. The van der Waals surface area contributed by atoms with Crippen LogP contribution in [0.25, 0.3) is 0 Å². The van der Waals surface area contributed by atoms with E-state index in [0.717, 1.165) is 11.3 Å². The Hall–Kier alpha value is -1.40. The number of nitrogens with two attached hydrogens (primary N) is 1. The molecule has 0 saturated carbocycles. The zero-order chi connectivity index (χ0) is 12.3. The Morgan fingerprint density at radius 3 is 3.24 bits per heavy atom. The Balaban J connectivity index is 2.18. The lowest BCUT2D eigenvalue weighted by atomic mass is 10.1. The molecule has 94 valence electrons. The van der Waals surface area contributed by atoms with E-state index in [-0.39, 0.29) is 11.9 Å². The summed E-state index contributed by atoms with van der Waals surface area (Å²) < 4.78 is 5.45. The fraction of sp³-hybridized carbons (Fsp3) is 0.636. The lowest BCUT2D eigenvalue weighted by Crippen LogP contribution is -2.44. The number of aryl methyl sites for hydroxylation is 1. The Bertz CT molecular complexity index is 391. The molecular formula is C11H18N4O2. The number of ether oxygens (including phenoxy) is 1. The van der Waals surface area contributed by atoms with Crippen LogP contribution in [0.5, 0.6) is 0 Å². The quantitative estimate of drug-likeness (QED) is 0.774. The van der Waals surface area contributed by atoms with Gasteiger partial charge in [-0.3, -0.25) is 9.89 Å². The van der Waals surface area contributed by atoms with E-state index in [1.807, 2.05) is 11.8 Å². The third-order valence-corrected chi connectivity index (χ3v) is 3.01. The van der Waals surface area contributed by atoms with E-state index in [9.17, 15) is 4.79 Å². The van der Waals surface area contributed by atoms with Gasteiger partial charge in [0.2, 0.25) is 5.91 Å². The van der Waals surface area contributed by atoms with E-state index in [1.165, 1.54) is 0 Å². The van der Waals surface area contributed by atoms with Crippen LogP contribution < -0.4 is 5.73 Å². The lowest BCUT2D eigenvalue weighted by Gasteiger charge is -2.35. The summed E-state index contributed by atoms with van der Waals surface area (Å²) in [6.45, 7) is 4.06. The van der Waals surface area contributed by atoms with Crippen molar-refractivity contribution < 1.29 is 9.53 Å². The van der Waals surface area contributed by atoms with Crippen LogP contribution in [0.15, 0.2) is 6.20 Å². The third kappa shape index (κ3) is 2.48. The molecule has 0 bridgehead atoms. The first kappa shape index (κ1) is 12.1. The molecule has 6 nitrogen and oxygen atoms in total. The number of carbonyl (C=O) groups is 1. The maximum absolute atomic E-state index is 12.0. The number of hydrogen-bond acceptors (Lipinski definition) is 4. The zero-order valence-electron chi connectivity index (χ0n) is 9.98. The van der Waals surface area contributed by atoms with Crippen LogP contribution >= 0.6 is 0 Å². The molecule has 0 aliphatic carbocycles. The minimum Gasteiger partial charge on any atom is -0.377 e. The minimum atomic E-state index is -0.0645. The van der Waals surface area contributed by atoms with Crippen LogP contribution in [0.4, 0.5) is 0 Å². The summed E-state index contributed by atoms with van der Waals surface area (Å²) >= 11 is 0. The van der Waals surface area contributed by atoms with Crippen molar-refractivity contribution in [2.24, 2.45) is 5.73 Å². The summed E-state index contributed by atoms with van der Waals surface area (Å²) in [6, 6.07) is -0.0645. The first-order chi connectivity index (χ1) is 8.24. The fourth-order valence-corrected chi connectivity index (χ4v) is 2.10. The van der Waals surface area contributed by atoms with Gasteiger partial charge in [-0.2, -0.15) is 5.10 Å².